The second-order valence-electron chi connectivity index (χ2n) is 6.56. The van der Waals surface area contributed by atoms with Gasteiger partial charge in [0.2, 0.25) is 0 Å². The van der Waals surface area contributed by atoms with Crippen LogP contribution in [0.1, 0.15) is 33.6 Å². The fourth-order valence-corrected chi connectivity index (χ4v) is 2.53. The van der Waals surface area contributed by atoms with Crippen LogP contribution in [0.3, 0.4) is 0 Å². The molecule has 1 heterocycles. The molecule has 0 aliphatic rings. The summed E-state index contributed by atoms with van der Waals surface area (Å²) in [5, 5.41) is 8.13. The lowest BCUT2D eigenvalue weighted by Gasteiger charge is -2.18. The number of hydrogen-bond donors (Lipinski definition) is 5. The van der Waals surface area contributed by atoms with Crippen molar-refractivity contribution >= 4 is 24.4 Å². The molecule has 0 bridgehead atoms. The third-order valence-corrected chi connectivity index (χ3v) is 3.68. The molecule has 27 heavy (non-hydrogen) atoms. The summed E-state index contributed by atoms with van der Waals surface area (Å²) in [6, 6.07) is 9.00. The number of ether oxygens (including phenoxy) is 1. The van der Waals surface area contributed by atoms with Crippen molar-refractivity contribution in [3.8, 4) is 5.75 Å². The van der Waals surface area contributed by atoms with Gasteiger partial charge in [0, 0.05) is 29.7 Å². The molecule has 1 aromatic carbocycles. The summed E-state index contributed by atoms with van der Waals surface area (Å²) in [5.74, 6) is 0.858. The summed E-state index contributed by atoms with van der Waals surface area (Å²) in [6.07, 6.45) is 4.10. The lowest BCUT2D eigenvalue weighted by molar-refractivity contribution is 0.275. The first-order chi connectivity index (χ1) is 12.6. The highest BCUT2D eigenvalue weighted by molar-refractivity contribution is 7.45. The van der Waals surface area contributed by atoms with Crippen molar-refractivity contribution in [3.05, 3.63) is 30.5 Å². The Bertz CT molecular complexity index is 743. The van der Waals surface area contributed by atoms with Crippen molar-refractivity contribution in [2.24, 2.45) is 0 Å². The maximum atomic E-state index is 8.88. The zero-order chi connectivity index (χ0) is 20.4. The second-order valence-corrected chi connectivity index (χ2v) is 7.59. The molecular formula is C18H30N3O5P. The highest BCUT2D eigenvalue weighted by Crippen LogP contribution is 2.28. The van der Waals surface area contributed by atoms with Crippen molar-refractivity contribution < 1.29 is 24.0 Å². The predicted octanol–water partition coefficient (Wildman–Crippen LogP) is 2.89. The molecule has 0 amide bonds. The number of fused-ring (bicyclic) bond motifs is 1. The van der Waals surface area contributed by atoms with Gasteiger partial charge in [-0.05, 0) is 38.4 Å². The Morgan fingerprint density at radius 1 is 1.22 bits per heavy atom. The third kappa shape index (κ3) is 10.3. The summed E-state index contributed by atoms with van der Waals surface area (Å²) in [7, 11) is -2.94. The molecule has 0 aliphatic carbocycles. The van der Waals surface area contributed by atoms with Gasteiger partial charge in [-0.1, -0.05) is 19.9 Å². The molecule has 0 spiro atoms. The van der Waals surface area contributed by atoms with E-state index in [9.17, 15) is 0 Å². The van der Waals surface area contributed by atoms with E-state index < -0.39 is 7.82 Å². The number of nitrogens with zero attached hydrogens (tertiary/aromatic N) is 1. The minimum Gasteiger partial charge on any atom is -0.497 e. The first-order valence-corrected chi connectivity index (χ1v) is 10.4. The summed E-state index contributed by atoms with van der Waals surface area (Å²) >= 11 is 0. The number of rotatable bonds is 8. The van der Waals surface area contributed by atoms with Crippen LogP contribution < -0.4 is 15.4 Å². The summed E-state index contributed by atoms with van der Waals surface area (Å²) in [5.41, 5.74) is 2.04. The SMILES string of the molecule is COc1cc(NC(C)CCCNC(C)C)c2ncccc2c1.O=P(O)(O)O. The zero-order valence-corrected chi connectivity index (χ0v) is 17.1. The van der Waals surface area contributed by atoms with Crippen LogP contribution in [0.2, 0.25) is 0 Å². The average Bonchev–Trinajstić information content (AvgIpc) is 2.57. The molecule has 5 N–H and O–H groups in total. The van der Waals surface area contributed by atoms with Gasteiger partial charge in [0.15, 0.2) is 0 Å². The Labute approximate surface area is 160 Å². The lowest BCUT2D eigenvalue weighted by Crippen LogP contribution is -2.25. The van der Waals surface area contributed by atoms with E-state index >= 15 is 0 Å². The van der Waals surface area contributed by atoms with Crippen LogP contribution in [-0.2, 0) is 4.57 Å². The highest BCUT2D eigenvalue weighted by Gasteiger charge is 2.09. The molecule has 9 heteroatoms. The average molecular weight is 399 g/mol. The lowest BCUT2D eigenvalue weighted by atomic mass is 10.1. The normalized spacial score (nSPS) is 12.4. The van der Waals surface area contributed by atoms with Crippen molar-refractivity contribution in [1.82, 2.24) is 10.3 Å². The number of pyridine rings is 1. The molecule has 0 saturated carbocycles. The molecule has 2 rings (SSSR count). The fraction of sp³-hybridized carbons (Fsp3) is 0.500. The molecule has 0 radical (unpaired) electrons. The fourth-order valence-electron chi connectivity index (χ4n) is 2.53. The van der Waals surface area contributed by atoms with E-state index in [-0.39, 0.29) is 0 Å². The Hall–Kier alpha value is -1.70. The monoisotopic (exact) mass is 399 g/mol. The molecule has 0 fully saturated rings. The molecule has 0 saturated heterocycles. The van der Waals surface area contributed by atoms with E-state index in [0.29, 0.717) is 12.1 Å². The van der Waals surface area contributed by atoms with Crippen molar-refractivity contribution in [3.63, 3.8) is 0 Å². The van der Waals surface area contributed by atoms with Crippen LogP contribution in [0.15, 0.2) is 30.5 Å². The van der Waals surface area contributed by atoms with Gasteiger partial charge in [-0.2, -0.15) is 0 Å². The van der Waals surface area contributed by atoms with E-state index in [1.807, 2.05) is 24.4 Å². The molecular weight excluding hydrogens is 369 g/mol. The van der Waals surface area contributed by atoms with Gasteiger partial charge in [-0.25, -0.2) is 4.57 Å². The number of aromatic nitrogens is 1. The van der Waals surface area contributed by atoms with E-state index in [1.165, 1.54) is 0 Å². The van der Waals surface area contributed by atoms with Gasteiger partial charge in [0.05, 0.1) is 18.3 Å². The van der Waals surface area contributed by atoms with Crippen LogP contribution in [0.4, 0.5) is 5.69 Å². The Balaban J connectivity index is 0.000000646. The van der Waals surface area contributed by atoms with Crippen LogP contribution in [-0.4, -0.2) is 45.4 Å². The van der Waals surface area contributed by atoms with E-state index in [1.54, 1.807) is 7.11 Å². The minimum atomic E-state index is -4.64. The van der Waals surface area contributed by atoms with E-state index in [2.05, 4.69) is 42.5 Å². The molecule has 1 aromatic heterocycles. The minimum absolute atomic E-state index is 0.395. The number of phosphoric acid groups is 1. The van der Waals surface area contributed by atoms with Crippen LogP contribution in [0.5, 0.6) is 5.75 Å². The standard InChI is InChI=1S/C18H27N3O.H3O4P/c1-13(2)19-9-5-7-14(3)21-17-12-16(22-4)11-15-8-6-10-20-18(15)17;1-5(2,3)4/h6,8,10-14,19,21H,5,7,9H2,1-4H3;(H3,1,2,3,4). The topological polar surface area (TPSA) is 124 Å². The third-order valence-electron chi connectivity index (χ3n) is 3.68. The molecule has 1 atom stereocenters. The second kappa shape index (κ2) is 11.2. The predicted molar refractivity (Wildman–Crippen MR) is 108 cm³/mol. The smallest absolute Gasteiger partial charge is 0.466 e. The maximum Gasteiger partial charge on any atom is 0.466 e. The van der Waals surface area contributed by atoms with Gasteiger partial charge in [-0.3, -0.25) is 4.98 Å². The van der Waals surface area contributed by atoms with Crippen LogP contribution in [0.25, 0.3) is 10.9 Å². The van der Waals surface area contributed by atoms with Crippen LogP contribution >= 0.6 is 7.82 Å². The first kappa shape index (κ1) is 23.3. The van der Waals surface area contributed by atoms with Crippen molar-refractivity contribution in [1.29, 1.82) is 0 Å². The first-order valence-electron chi connectivity index (χ1n) is 8.81. The summed E-state index contributed by atoms with van der Waals surface area (Å²) in [4.78, 5) is 26.1. The zero-order valence-electron chi connectivity index (χ0n) is 16.2. The molecule has 1 unspecified atom stereocenters. The quantitative estimate of drug-likeness (QED) is 0.339. The van der Waals surface area contributed by atoms with E-state index in [4.69, 9.17) is 24.0 Å². The number of nitrogens with one attached hydrogen (secondary N) is 2. The molecule has 2 aromatic rings. The number of methoxy groups -OCH3 is 1. The number of hydrogen-bond acceptors (Lipinski definition) is 5. The van der Waals surface area contributed by atoms with Crippen molar-refractivity contribution in [2.45, 2.75) is 45.7 Å². The van der Waals surface area contributed by atoms with Gasteiger partial charge in [0.25, 0.3) is 0 Å². The maximum absolute atomic E-state index is 8.88. The van der Waals surface area contributed by atoms with Gasteiger partial charge in [0.1, 0.15) is 5.75 Å². The number of anilines is 1. The summed E-state index contributed by atoms with van der Waals surface area (Å²) in [6.45, 7) is 7.62. The van der Waals surface area contributed by atoms with Gasteiger partial charge >= 0.3 is 7.82 Å². The summed E-state index contributed by atoms with van der Waals surface area (Å²) < 4.78 is 14.3. The molecule has 152 valence electrons. The Morgan fingerprint density at radius 2 is 1.89 bits per heavy atom. The highest BCUT2D eigenvalue weighted by atomic mass is 31.2. The largest absolute Gasteiger partial charge is 0.497 e. The Morgan fingerprint density at radius 3 is 2.48 bits per heavy atom. The van der Waals surface area contributed by atoms with Gasteiger partial charge < -0.3 is 30.1 Å². The Kier molecular flexibility index (Phi) is 9.69. The molecule has 8 nitrogen and oxygen atoms in total. The molecule has 0 aliphatic heterocycles. The van der Waals surface area contributed by atoms with Gasteiger partial charge in [-0.15, -0.1) is 0 Å². The number of benzene rings is 1. The van der Waals surface area contributed by atoms with Crippen LogP contribution in [0, 0.1) is 0 Å². The van der Waals surface area contributed by atoms with E-state index in [0.717, 1.165) is 41.7 Å². The van der Waals surface area contributed by atoms with Crippen molar-refractivity contribution in [2.75, 3.05) is 19.0 Å².